The summed E-state index contributed by atoms with van der Waals surface area (Å²) in [5, 5.41) is 3.86. The van der Waals surface area contributed by atoms with Crippen LogP contribution in [0.4, 0.5) is 5.69 Å². The highest BCUT2D eigenvalue weighted by molar-refractivity contribution is 9.10. The zero-order chi connectivity index (χ0) is 12.5. The second-order valence-electron chi connectivity index (χ2n) is 3.60. The SMILES string of the molecule is Clc1ccc2nsnc2c1NCc1occc1Br. The molecule has 0 unspecified atom stereocenters. The number of rotatable bonds is 3. The van der Waals surface area contributed by atoms with Crippen molar-refractivity contribution < 1.29 is 4.42 Å². The van der Waals surface area contributed by atoms with Gasteiger partial charge in [-0.05, 0) is 34.1 Å². The van der Waals surface area contributed by atoms with E-state index in [1.807, 2.05) is 18.2 Å². The number of anilines is 1. The molecule has 0 fully saturated rings. The van der Waals surface area contributed by atoms with E-state index in [0.29, 0.717) is 11.6 Å². The zero-order valence-electron chi connectivity index (χ0n) is 8.98. The first-order valence-electron chi connectivity index (χ1n) is 5.12. The van der Waals surface area contributed by atoms with Crippen molar-refractivity contribution >= 4 is 56.0 Å². The molecule has 1 aromatic carbocycles. The minimum Gasteiger partial charge on any atom is -0.466 e. The monoisotopic (exact) mass is 343 g/mol. The number of nitrogens with zero attached hydrogens (tertiary/aromatic N) is 2. The van der Waals surface area contributed by atoms with E-state index in [0.717, 1.165) is 27.0 Å². The minimum absolute atomic E-state index is 0.532. The highest BCUT2D eigenvalue weighted by atomic mass is 79.9. The van der Waals surface area contributed by atoms with Crippen molar-refractivity contribution in [2.24, 2.45) is 0 Å². The number of furan rings is 1. The summed E-state index contributed by atoms with van der Waals surface area (Å²) in [4.78, 5) is 0. The van der Waals surface area contributed by atoms with Crippen LogP contribution in [0, 0.1) is 0 Å². The van der Waals surface area contributed by atoms with E-state index in [1.54, 1.807) is 6.26 Å². The van der Waals surface area contributed by atoms with Gasteiger partial charge in [0.15, 0.2) is 0 Å². The van der Waals surface area contributed by atoms with E-state index in [2.05, 4.69) is 30.0 Å². The van der Waals surface area contributed by atoms with E-state index in [4.69, 9.17) is 16.0 Å². The molecule has 0 aliphatic rings. The van der Waals surface area contributed by atoms with Gasteiger partial charge >= 0.3 is 0 Å². The fraction of sp³-hybridized carbons (Fsp3) is 0.0909. The van der Waals surface area contributed by atoms with Crippen LogP contribution in [0.15, 0.2) is 33.4 Å². The first-order valence-corrected chi connectivity index (χ1v) is 7.02. The molecular formula is C11H7BrClN3OS. The number of aromatic nitrogens is 2. The van der Waals surface area contributed by atoms with Crippen LogP contribution < -0.4 is 5.32 Å². The number of benzene rings is 1. The van der Waals surface area contributed by atoms with Gasteiger partial charge in [0, 0.05) is 0 Å². The molecule has 0 saturated carbocycles. The van der Waals surface area contributed by atoms with E-state index in [1.165, 1.54) is 11.7 Å². The van der Waals surface area contributed by atoms with Crippen LogP contribution in [0.5, 0.6) is 0 Å². The highest BCUT2D eigenvalue weighted by Gasteiger charge is 2.11. The molecule has 0 spiro atoms. The van der Waals surface area contributed by atoms with Crippen LogP contribution in [0.1, 0.15) is 5.76 Å². The van der Waals surface area contributed by atoms with Crippen molar-refractivity contribution in [3.05, 3.63) is 39.7 Å². The molecule has 0 saturated heterocycles. The zero-order valence-corrected chi connectivity index (χ0v) is 12.1. The van der Waals surface area contributed by atoms with Crippen LogP contribution >= 0.6 is 39.3 Å². The molecule has 2 heterocycles. The minimum atomic E-state index is 0.532. The first-order chi connectivity index (χ1) is 8.75. The van der Waals surface area contributed by atoms with Gasteiger partial charge in [-0.2, -0.15) is 8.75 Å². The fourth-order valence-electron chi connectivity index (χ4n) is 1.61. The van der Waals surface area contributed by atoms with Crippen LogP contribution in [0.2, 0.25) is 5.02 Å². The Kier molecular flexibility index (Phi) is 3.23. The van der Waals surface area contributed by atoms with Crippen molar-refractivity contribution in [2.45, 2.75) is 6.54 Å². The van der Waals surface area contributed by atoms with E-state index in [9.17, 15) is 0 Å². The van der Waals surface area contributed by atoms with Gasteiger partial charge in [0.05, 0.1) is 39.7 Å². The van der Waals surface area contributed by atoms with Crippen molar-refractivity contribution in [1.82, 2.24) is 8.75 Å². The van der Waals surface area contributed by atoms with Gasteiger partial charge in [-0.3, -0.25) is 0 Å². The average molecular weight is 345 g/mol. The third-order valence-electron chi connectivity index (χ3n) is 2.49. The molecule has 0 atom stereocenters. The summed E-state index contributed by atoms with van der Waals surface area (Å²) in [6, 6.07) is 5.52. The van der Waals surface area contributed by atoms with E-state index >= 15 is 0 Å². The highest BCUT2D eigenvalue weighted by Crippen LogP contribution is 2.30. The Morgan fingerprint density at radius 1 is 1.33 bits per heavy atom. The van der Waals surface area contributed by atoms with Crippen molar-refractivity contribution in [3.8, 4) is 0 Å². The lowest BCUT2D eigenvalue weighted by Gasteiger charge is -2.07. The summed E-state index contributed by atoms with van der Waals surface area (Å²) >= 11 is 10.8. The third kappa shape index (κ3) is 2.11. The van der Waals surface area contributed by atoms with Crippen molar-refractivity contribution in [1.29, 1.82) is 0 Å². The second-order valence-corrected chi connectivity index (χ2v) is 5.39. The topological polar surface area (TPSA) is 51.0 Å². The Bertz CT molecular complexity index is 696. The number of hydrogen-bond donors (Lipinski definition) is 1. The third-order valence-corrected chi connectivity index (χ3v) is 4.06. The lowest BCUT2D eigenvalue weighted by Crippen LogP contribution is -2.00. The number of halogens is 2. The van der Waals surface area contributed by atoms with Crippen LogP contribution in [0.3, 0.4) is 0 Å². The Morgan fingerprint density at radius 2 is 2.22 bits per heavy atom. The largest absolute Gasteiger partial charge is 0.466 e. The van der Waals surface area contributed by atoms with Crippen LogP contribution in [-0.4, -0.2) is 8.75 Å². The molecule has 1 N–H and O–H groups in total. The number of hydrogen-bond acceptors (Lipinski definition) is 5. The Labute approximate surface area is 120 Å². The van der Waals surface area contributed by atoms with Crippen molar-refractivity contribution in [2.75, 3.05) is 5.32 Å². The van der Waals surface area contributed by atoms with Gasteiger partial charge in [-0.15, -0.1) is 0 Å². The predicted octanol–water partition coefficient (Wildman–Crippen LogP) is 4.31. The molecule has 92 valence electrons. The van der Waals surface area contributed by atoms with Gasteiger partial charge < -0.3 is 9.73 Å². The maximum atomic E-state index is 6.17. The predicted molar refractivity (Wildman–Crippen MR) is 76.2 cm³/mol. The van der Waals surface area contributed by atoms with Crippen LogP contribution in [-0.2, 0) is 6.54 Å². The molecule has 4 nitrogen and oxygen atoms in total. The molecule has 2 aromatic heterocycles. The maximum Gasteiger partial charge on any atom is 0.136 e. The molecule has 0 radical (unpaired) electrons. The first kappa shape index (κ1) is 12.0. The molecule has 3 rings (SSSR count). The molecular weight excluding hydrogens is 338 g/mol. The molecule has 0 amide bonds. The quantitative estimate of drug-likeness (QED) is 0.769. The van der Waals surface area contributed by atoms with Gasteiger partial charge in [-0.25, -0.2) is 0 Å². The van der Waals surface area contributed by atoms with E-state index < -0.39 is 0 Å². The molecule has 3 aromatic rings. The Balaban J connectivity index is 1.92. The molecule has 18 heavy (non-hydrogen) atoms. The summed E-state index contributed by atoms with van der Waals surface area (Å²) in [5.74, 6) is 0.811. The van der Waals surface area contributed by atoms with Gasteiger partial charge in [-0.1, -0.05) is 11.6 Å². The summed E-state index contributed by atoms with van der Waals surface area (Å²) < 4.78 is 14.7. The van der Waals surface area contributed by atoms with Gasteiger partial charge in [0.2, 0.25) is 0 Å². The smallest absolute Gasteiger partial charge is 0.136 e. The second kappa shape index (κ2) is 4.87. The fourth-order valence-corrected chi connectivity index (χ4v) is 2.72. The average Bonchev–Trinajstić information content (AvgIpc) is 2.97. The lowest BCUT2D eigenvalue weighted by atomic mass is 10.2. The number of nitrogens with one attached hydrogen (secondary N) is 1. The summed E-state index contributed by atoms with van der Waals surface area (Å²) in [5.41, 5.74) is 2.41. The van der Waals surface area contributed by atoms with Crippen molar-refractivity contribution in [3.63, 3.8) is 0 Å². The lowest BCUT2D eigenvalue weighted by molar-refractivity contribution is 0.516. The molecule has 0 bridgehead atoms. The summed E-state index contributed by atoms with van der Waals surface area (Å²) in [7, 11) is 0. The molecule has 0 aliphatic carbocycles. The molecule has 7 heteroatoms. The summed E-state index contributed by atoms with van der Waals surface area (Å²) in [6.45, 7) is 0.532. The van der Waals surface area contributed by atoms with Gasteiger partial charge in [0.25, 0.3) is 0 Å². The summed E-state index contributed by atoms with van der Waals surface area (Å²) in [6.07, 6.45) is 1.63. The standard InChI is InChI=1S/C11H7BrClN3OS/c12-6-3-4-17-9(6)5-14-10-7(13)1-2-8-11(10)16-18-15-8/h1-4,14H,5H2. The normalized spacial score (nSPS) is 11.0. The Hall–Kier alpha value is -1.11. The van der Waals surface area contributed by atoms with Gasteiger partial charge in [0.1, 0.15) is 16.8 Å². The Morgan fingerprint density at radius 3 is 3.00 bits per heavy atom. The number of fused-ring (bicyclic) bond motifs is 1. The van der Waals surface area contributed by atoms with E-state index in [-0.39, 0.29) is 0 Å². The maximum absolute atomic E-state index is 6.17. The molecule has 0 aliphatic heterocycles. The van der Waals surface area contributed by atoms with Crippen LogP contribution in [0.25, 0.3) is 11.0 Å².